The number of sulfonamides is 1. The van der Waals surface area contributed by atoms with Gasteiger partial charge in [0.1, 0.15) is 16.5 Å². The van der Waals surface area contributed by atoms with E-state index in [1.54, 1.807) is 0 Å². The van der Waals surface area contributed by atoms with Crippen LogP contribution < -0.4 is 15.2 Å². The zero-order valence-electron chi connectivity index (χ0n) is 10.6. The van der Waals surface area contributed by atoms with Crippen LogP contribution in [0.15, 0.2) is 23.1 Å². The third-order valence-corrected chi connectivity index (χ3v) is 3.90. The van der Waals surface area contributed by atoms with Crippen molar-refractivity contribution in [1.29, 1.82) is 0 Å². The number of nitrogens with two attached hydrogens (primary N) is 1. The fourth-order valence-electron chi connectivity index (χ4n) is 1.98. The van der Waals surface area contributed by atoms with E-state index in [4.69, 9.17) is 9.88 Å². The molecule has 0 aromatic heterocycles. The molecule has 1 fully saturated rings. The van der Waals surface area contributed by atoms with Gasteiger partial charge in [-0.1, -0.05) is 0 Å². The molecule has 0 spiro atoms. The number of carbonyl (C=O) groups is 1. The van der Waals surface area contributed by atoms with Gasteiger partial charge in [-0.3, -0.25) is 4.79 Å². The van der Waals surface area contributed by atoms with Crippen molar-refractivity contribution in [2.24, 2.45) is 5.14 Å². The zero-order chi connectivity index (χ0) is 14.8. The van der Waals surface area contributed by atoms with E-state index >= 15 is 0 Å². The van der Waals surface area contributed by atoms with E-state index in [0.29, 0.717) is 13.0 Å². The minimum Gasteiger partial charge on any atom is -0.479 e. The van der Waals surface area contributed by atoms with Gasteiger partial charge in [-0.15, -0.1) is 0 Å². The van der Waals surface area contributed by atoms with Crippen LogP contribution in [0.25, 0.3) is 0 Å². The van der Waals surface area contributed by atoms with Gasteiger partial charge in [0, 0.05) is 6.54 Å². The third kappa shape index (κ3) is 3.45. The van der Waals surface area contributed by atoms with Crippen molar-refractivity contribution in [1.82, 2.24) is 5.32 Å². The van der Waals surface area contributed by atoms with Gasteiger partial charge in [0.25, 0.3) is 5.91 Å². The van der Waals surface area contributed by atoms with E-state index < -0.39 is 26.8 Å². The summed E-state index contributed by atoms with van der Waals surface area (Å²) in [6.07, 6.45) is 1.27. The molecule has 0 saturated carbocycles. The molecule has 1 aliphatic rings. The van der Waals surface area contributed by atoms with Crippen molar-refractivity contribution in [3.8, 4) is 5.75 Å². The first-order valence-corrected chi connectivity index (χ1v) is 7.69. The summed E-state index contributed by atoms with van der Waals surface area (Å²) < 4.78 is 41.4. The van der Waals surface area contributed by atoms with Crippen LogP contribution >= 0.6 is 0 Å². The molecule has 6 nitrogen and oxygen atoms in total. The van der Waals surface area contributed by atoms with Gasteiger partial charge in [-0.05, 0) is 37.5 Å². The molecule has 1 heterocycles. The van der Waals surface area contributed by atoms with E-state index in [0.717, 1.165) is 31.0 Å². The molecule has 2 rings (SSSR count). The molecule has 1 saturated heterocycles. The first kappa shape index (κ1) is 14.7. The highest BCUT2D eigenvalue weighted by Gasteiger charge is 2.25. The molecule has 1 aliphatic heterocycles. The topological polar surface area (TPSA) is 98.5 Å². The van der Waals surface area contributed by atoms with E-state index in [1.807, 2.05) is 0 Å². The summed E-state index contributed by atoms with van der Waals surface area (Å²) >= 11 is 0. The van der Waals surface area contributed by atoms with Crippen LogP contribution in [-0.4, -0.2) is 27.0 Å². The maximum absolute atomic E-state index is 13.1. The predicted molar refractivity (Wildman–Crippen MR) is 69.0 cm³/mol. The Bertz CT molecular complexity index is 618. The predicted octanol–water partition coefficient (Wildman–Crippen LogP) is 0.521. The van der Waals surface area contributed by atoms with Gasteiger partial charge in [0.05, 0.1) is 0 Å². The van der Waals surface area contributed by atoms with E-state index in [2.05, 4.69) is 5.32 Å². The van der Waals surface area contributed by atoms with Crippen molar-refractivity contribution < 1.29 is 22.3 Å². The summed E-state index contributed by atoms with van der Waals surface area (Å²) in [7, 11) is -4.13. The number of halogens is 1. The second-order valence-corrected chi connectivity index (χ2v) is 6.06. The average molecular weight is 302 g/mol. The molecule has 3 N–H and O–H groups in total. The number of primary sulfonamides is 1. The number of amides is 1. The highest BCUT2D eigenvalue weighted by molar-refractivity contribution is 7.89. The minimum absolute atomic E-state index is 0.115. The van der Waals surface area contributed by atoms with Gasteiger partial charge < -0.3 is 10.1 Å². The number of hydrogen-bond acceptors (Lipinski definition) is 4. The minimum atomic E-state index is -4.13. The summed E-state index contributed by atoms with van der Waals surface area (Å²) in [5.74, 6) is -1.17. The molecule has 1 aromatic rings. The van der Waals surface area contributed by atoms with Crippen molar-refractivity contribution in [3.05, 3.63) is 24.0 Å². The fraction of sp³-hybridized carbons (Fsp3) is 0.417. The molecule has 8 heteroatoms. The van der Waals surface area contributed by atoms with E-state index in [-0.39, 0.29) is 11.7 Å². The second kappa shape index (κ2) is 5.76. The third-order valence-electron chi connectivity index (χ3n) is 2.97. The van der Waals surface area contributed by atoms with Crippen LogP contribution in [0.2, 0.25) is 0 Å². The maximum Gasteiger partial charge on any atom is 0.261 e. The normalized spacial score (nSPS) is 20.1. The quantitative estimate of drug-likeness (QED) is 0.850. The van der Waals surface area contributed by atoms with Crippen molar-refractivity contribution in [2.75, 3.05) is 6.54 Å². The van der Waals surface area contributed by atoms with Gasteiger partial charge in [-0.25, -0.2) is 17.9 Å². The van der Waals surface area contributed by atoms with Crippen molar-refractivity contribution in [3.63, 3.8) is 0 Å². The van der Waals surface area contributed by atoms with Gasteiger partial charge in [0.2, 0.25) is 10.0 Å². The van der Waals surface area contributed by atoms with E-state index in [9.17, 15) is 17.6 Å². The lowest BCUT2D eigenvalue weighted by Crippen LogP contribution is -2.36. The Kier molecular flexibility index (Phi) is 4.24. The molecule has 110 valence electrons. The molecule has 1 unspecified atom stereocenters. The van der Waals surface area contributed by atoms with Crippen LogP contribution in [0.1, 0.15) is 19.3 Å². The van der Waals surface area contributed by atoms with Gasteiger partial charge >= 0.3 is 0 Å². The largest absolute Gasteiger partial charge is 0.479 e. The molecule has 0 radical (unpaired) electrons. The number of benzene rings is 1. The summed E-state index contributed by atoms with van der Waals surface area (Å²) in [5.41, 5.74) is 0. The fourth-order valence-corrected chi connectivity index (χ4v) is 2.65. The molecular formula is C12H15FN2O4S. The highest BCUT2D eigenvalue weighted by Crippen LogP contribution is 2.26. The first-order chi connectivity index (χ1) is 9.38. The second-order valence-electron chi connectivity index (χ2n) is 4.53. The summed E-state index contributed by atoms with van der Waals surface area (Å²) in [5, 5.41) is 7.69. The number of hydrogen-bond donors (Lipinski definition) is 2. The molecule has 1 atom stereocenters. The molecule has 1 amide bonds. The Morgan fingerprint density at radius 3 is 2.80 bits per heavy atom. The smallest absolute Gasteiger partial charge is 0.261 e. The lowest BCUT2D eigenvalue weighted by Gasteiger charge is -2.17. The van der Waals surface area contributed by atoms with Crippen LogP contribution in [0, 0.1) is 5.82 Å². The molecule has 20 heavy (non-hydrogen) atoms. The summed E-state index contributed by atoms with van der Waals surface area (Å²) in [6.45, 7) is 0.560. The average Bonchev–Trinajstić information content (AvgIpc) is 2.56. The molecule has 0 aliphatic carbocycles. The Labute approximate surface area is 116 Å². The van der Waals surface area contributed by atoms with Crippen molar-refractivity contribution >= 4 is 15.9 Å². The number of carbonyl (C=O) groups excluding carboxylic acids is 1. The number of rotatable bonds is 3. The Morgan fingerprint density at radius 2 is 2.10 bits per heavy atom. The van der Waals surface area contributed by atoms with E-state index in [1.165, 1.54) is 0 Å². The molecule has 0 bridgehead atoms. The Morgan fingerprint density at radius 1 is 1.35 bits per heavy atom. The van der Waals surface area contributed by atoms with Gasteiger partial charge in [-0.2, -0.15) is 0 Å². The zero-order valence-corrected chi connectivity index (χ0v) is 11.5. The lowest BCUT2D eigenvalue weighted by atomic mass is 10.2. The van der Waals surface area contributed by atoms with Crippen LogP contribution in [0.4, 0.5) is 4.39 Å². The first-order valence-electron chi connectivity index (χ1n) is 6.14. The highest BCUT2D eigenvalue weighted by atomic mass is 32.2. The summed E-state index contributed by atoms with van der Waals surface area (Å²) in [6, 6.07) is 2.99. The van der Waals surface area contributed by atoms with Gasteiger partial charge in [0.15, 0.2) is 6.10 Å². The summed E-state index contributed by atoms with van der Waals surface area (Å²) in [4.78, 5) is 11.3. The number of nitrogens with one attached hydrogen (secondary N) is 1. The standard InChI is InChI=1S/C12H15FN2O4S/c13-8-4-5-9(11(7-8)20(14,17)18)19-10-3-1-2-6-15-12(10)16/h4-5,7,10H,1-3,6H2,(H,15,16)(H2,14,17,18). The monoisotopic (exact) mass is 302 g/mol. The SMILES string of the molecule is NS(=O)(=O)c1cc(F)ccc1OC1CCCCNC1=O. The van der Waals surface area contributed by atoms with Crippen LogP contribution in [-0.2, 0) is 14.8 Å². The number of ether oxygens (including phenoxy) is 1. The maximum atomic E-state index is 13.1. The molecular weight excluding hydrogens is 287 g/mol. The lowest BCUT2D eigenvalue weighted by molar-refractivity contribution is -0.127. The molecule has 1 aromatic carbocycles. The van der Waals surface area contributed by atoms with Crippen LogP contribution in [0.3, 0.4) is 0 Å². The Balaban J connectivity index is 2.31. The Hall–Kier alpha value is -1.67. The van der Waals surface area contributed by atoms with Crippen LogP contribution in [0.5, 0.6) is 5.75 Å². The van der Waals surface area contributed by atoms with Crippen molar-refractivity contribution in [2.45, 2.75) is 30.3 Å².